The van der Waals surface area contributed by atoms with Crippen LogP contribution in [-0.2, 0) is 0 Å². The summed E-state index contributed by atoms with van der Waals surface area (Å²) in [6.45, 7) is 1.81. The second kappa shape index (κ2) is 3.12. The molecule has 0 radical (unpaired) electrons. The van der Waals surface area contributed by atoms with Crippen LogP contribution in [0.15, 0.2) is 12.3 Å². The fourth-order valence-electron chi connectivity index (χ4n) is 0.596. The highest BCUT2D eigenvalue weighted by atomic mass is 127. The van der Waals surface area contributed by atoms with E-state index in [1.165, 1.54) is 12.3 Å². The predicted molar refractivity (Wildman–Crippen MR) is 48.3 cm³/mol. The Morgan fingerprint density at radius 3 is 2.82 bits per heavy atom. The van der Waals surface area contributed by atoms with Crippen molar-refractivity contribution in [2.24, 2.45) is 0 Å². The van der Waals surface area contributed by atoms with Crippen molar-refractivity contribution in [1.82, 2.24) is 4.98 Å². The first-order valence-electron chi connectivity index (χ1n) is 2.88. The molecule has 0 amide bonds. The summed E-state index contributed by atoms with van der Waals surface area (Å²) in [4.78, 5) is 13.6. The monoisotopic (exact) mass is 264 g/mol. The molecule has 1 aromatic heterocycles. The van der Waals surface area contributed by atoms with Crippen LogP contribution in [0.25, 0.3) is 0 Å². The molecule has 1 heterocycles. The van der Waals surface area contributed by atoms with Crippen LogP contribution in [0.5, 0.6) is 0 Å². The summed E-state index contributed by atoms with van der Waals surface area (Å²) in [6, 6.07) is 1.50. The molecule has 0 aliphatic carbocycles. The van der Waals surface area contributed by atoms with Crippen LogP contribution in [0, 0.1) is 20.6 Å². The van der Waals surface area contributed by atoms with Gasteiger partial charge in [-0.1, -0.05) is 0 Å². The van der Waals surface area contributed by atoms with Crippen molar-refractivity contribution >= 4 is 28.3 Å². The molecule has 0 spiro atoms. The second-order valence-electron chi connectivity index (χ2n) is 2.02. The fourth-order valence-corrected chi connectivity index (χ4v) is 1.05. The van der Waals surface area contributed by atoms with Gasteiger partial charge >= 0.3 is 0 Å². The minimum Gasteiger partial charge on any atom is -0.258 e. The first-order chi connectivity index (χ1) is 5.11. The van der Waals surface area contributed by atoms with E-state index in [0.29, 0.717) is 0 Å². The molecule has 0 saturated heterocycles. The van der Waals surface area contributed by atoms with Gasteiger partial charge in [-0.15, -0.1) is 0 Å². The molecule has 0 aliphatic heterocycles. The summed E-state index contributed by atoms with van der Waals surface area (Å²) < 4.78 is 0.816. The lowest BCUT2D eigenvalue weighted by Crippen LogP contribution is -1.92. The maximum atomic E-state index is 10.2. The highest BCUT2D eigenvalue weighted by molar-refractivity contribution is 14.1. The summed E-state index contributed by atoms with van der Waals surface area (Å²) in [6.07, 6.45) is 1.26. The van der Waals surface area contributed by atoms with Crippen LogP contribution in [0.3, 0.4) is 0 Å². The van der Waals surface area contributed by atoms with E-state index in [0.717, 1.165) is 9.26 Å². The van der Waals surface area contributed by atoms with Gasteiger partial charge in [0.15, 0.2) is 0 Å². The van der Waals surface area contributed by atoms with E-state index in [-0.39, 0.29) is 5.69 Å². The maximum absolute atomic E-state index is 10.2. The van der Waals surface area contributed by atoms with Crippen molar-refractivity contribution in [1.29, 1.82) is 0 Å². The van der Waals surface area contributed by atoms with Crippen molar-refractivity contribution in [2.75, 3.05) is 0 Å². The summed E-state index contributed by atoms with van der Waals surface area (Å²) in [5.74, 6) is 0. The predicted octanol–water partition coefficient (Wildman–Crippen LogP) is 1.90. The molecule has 0 fully saturated rings. The van der Waals surface area contributed by atoms with Gasteiger partial charge in [-0.3, -0.25) is 15.1 Å². The molecule has 1 aromatic rings. The zero-order valence-electron chi connectivity index (χ0n) is 5.74. The normalized spacial score (nSPS) is 9.64. The third-order valence-corrected chi connectivity index (χ3v) is 2.31. The Bertz CT molecular complexity index is 301. The Balaban J connectivity index is 3.15. The van der Waals surface area contributed by atoms with Gasteiger partial charge in [0.05, 0.1) is 10.6 Å². The van der Waals surface area contributed by atoms with E-state index in [4.69, 9.17) is 0 Å². The van der Waals surface area contributed by atoms with Gasteiger partial charge in [0, 0.05) is 9.64 Å². The van der Waals surface area contributed by atoms with Gasteiger partial charge in [0.25, 0.3) is 5.69 Å². The lowest BCUT2D eigenvalue weighted by atomic mass is 10.3. The molecule has 1 rings (SSSR count). The van der Waals surface area contributed by atoms with Crippen LogP contribution in [0.1, 0.15) is 5.69 Å². The molecular formula is C6H5IN2O2. The number of aromatic nitrogens is 1. The third-order valence-electron chi connectivity index (χ3n) is 1.22. The van der Waals surface area contributed by atoms with Gasteiger partial charge < -0.3 is 0 Å². The van der Waals surface area contributed by atoms with E-state index in [1.54, 1.807) is 0 Å². The topological polar surface area (TPSA) is 56.0 Å². The first-order valence-corrected chi connectivity index (χ1v) is 3.95. The molecule has 0 aliphatic rings. The lowest BCUT2D eigenvalue weighted by molar-refractivity contribution is -0.385. The largest absolute Gasteiger partial charge is 0.288 e. The number of aryl methyl sites for hydroxylation is 1. The molecule has 4 nitrogen and oxygen atoms in total. The molecule has 11 heavy (non-hydrogen) atoms. The van der Waals surface area contributed by atoms with E-state index in [9.17, 15) is 10.1 Å². The molecule has 0 saturated carbocycles. The highest BCUT2D eigenvalue weighted by Crippen LogP contribution is 2.15. The SMILES string of the molecule is Cc1ncc([N+](=O)[O-])cc1I. The molecule has 0 atom stereocenters. The molecule has 0 N–H and O–H groups in total. The van der Waals surface area contributed by atoms with Crippen LogP contribution < -0.4 is 0 Å². The van der Waals surface area contributed by atoms with Crippen LogP contribution in [-0.4, -0.2) is 9.91 Å². The number of hydrogen-bond acceptors (Lipinski definition) is 3. The Hall–Kier alpha value is -0.720. The maximum Gasteiger partial charge on any atom is 0.288 e. The minimum atomic E-state index is -0.450. The van der Waals surface area contributed by atoms with Crippen molar-refractivity contribution in [2.45, 2.75) is 6.92 Å². The summed E-state index contributed by atoms with van der Waals surface area (Å²) in [5.41, 5.74) is 0.858. The van der Waals surface area contributed by atoms with Gasteiger partial charge in [-0.2, -0.15) is 0 Å². The molecular weight excluding hydrogens is 259 g/mol. The van der Waals surface area contributed by atoms with Crippen molar-refractivity contribution in [3.8, 4) is 0 Å². The number of nitrogens with zero attached hydrogens (tertiary/aromatic N) is 2. The zero-order chi connectivity index (χ0) is 8.43. The smallest absolute Gasteiger partial charge is 0.258 e. The second-order valence-corrected chi connectivity index (χ2v) is 3.18. The quantitative estimate of drug-likeness (QED) is 0.442. The van der Waals surface area contributed by atoms with E-state index in [2.05, 4.69) is 4.98 Å². The average molecular weight is 264 g/mol. The van der Waals surface area contributed by atoms with E-state index >= 15 is 0 Å². The summed E-state index contributed by atoms with van der Waals surface area (Å²) in [7, 11) is 0. The van der Waals surface area contributed by atoms with E-state index in [1.807, 2.05) is 29.5 Å². The van der Waals surface area contributed by atoms with E-state index < -0.39 is 4.92 Å². The third kappa shape index (κ3) is 1.86. The lowest BCUT2D eigenvalue weighted by Gasteiger charge is -1.94. The number of nitro groups is 1. The van der Waals surface area contributed by atoms with Gasteiger partial charge in [0.1, 0.15) is 6.20 Å². The van der Waals surface area contributed by atoms with Gasteiger partial charge in [0.2, 0.25) is 0 Å². The van der Waals surface area contributed by atoms with Crippen molar-refractivity contribution in [3.05, 3.63) is 31.6 Å². The fraction of sp³-hybridized carbons (Fsp3) is 0.167. The Kier molecular flexibility index (Phi) is 2.38. The molecule has 58 valence electrons. The first kappa shape index (κ1) is 8.38. The minimum absolute atomic E-state index is 0.0417. The number of pyridine rings is 1. The highest BCUT2D eigenvalue weighted by Gasteiger charge is 2.06. The van der Waals surface area contributed by atoms with Crippen LogP contribution >= 0.6 is 22.6 Å². The Morgan fingerprint density at radius 2 is 2.36 bits per heavy atom. The number of hydrogen-bond donors (Lipinski definition) is 0. The van der Waals surface area contributed by atoms with Gasteiger partial charge in [-0.05, 0) is 29.5 Å². The molecule has 0 aromatic carbocycles. The van der Waals surface area contributed by atoms with Crippen molar-refractivity contribution in [3.63, 3.8) is 0 Å². The van der Waals surface area contributed by atoms with Gasteiger partial charge in [-0.25, -0.2) is 0 Å². The Labute approximate surface area is 76.9 Å². The summed E-state index contributed by atoms with van der Waals surface area (Å²) >= 11 is 2.02. The van der Waals surface area contributed by atoms with Crippen LogP contribution in [0.4, 0.5) is 5.69 Å². The average Bonchev–Trinajstić information content (AvgIpc) is 1.94. The zero-order valence-corrected chi connectivity index (χ0v) is 7.90. The number of rotatable bonds is 1. The molecule has 5 heteroatoms. The van der Waals surface area contributed by atoms with Crippen LogP contribution in [0.2, 0.25) is 0 Å². The molecule has 0 unspecified atom stereocenters. The van der Waals surface area contributed by atoms with Crippen molar-refractivity contribution < 1.29 is 4.92 Å². The summed E-state index contributed by atoms with van der Waals surface area (Å²) in [5, 5.41) is 10.2. The Morgan fingerprint density at radius 1 is 1.73 bits per heavy atom. The standard InChI is InChI=1S/C6H5IN2O2/c1-4-6(7)2-5(3-8-4)9(10)11/h2-3H,1H3. The number of halogens is 1. The molecule has 0 bridgehead atoms.